The number of nitrogens with one attached hydrogen (secondary N) is 1. The van der Waals surface area contributed by atoms with Crippen molar-refractivity contribution in [2.45, 2.75) is 6.54 Å². The zero-order chi connectivity index (χ0) is 15.4. The van der Waals surface area contributed by atoms with Gasteiger partial charge in [0.05, 0.1) is 11.6 Å². The van der Waals surface area contributed by atoms with Crippen molar-refractivity contribution >= 4 is 39.1 Å². The van der Waals surface area contributed by atoms with Crippen LogP contribution in [0.15, 0.2) is 40.9 Å². The number of hydrogen-bond acceptors (Lipinski definition) is 3. The number of methoxy groups -OCH3 is 1. The molecule has 6 heteroatoms. The monoisotopic (exact) mass is 368 g/mol. The summed E-state index contributed by atoms with van der Waals surface area (Å²) < 4.78 is 6.13. The van der Waals surface area contributed by atoms with E-state index in [-0.39, 0.29) is 0 Å². The predicted molar refractivity (Wildman–Crippen MR) is 88.0 cm³/mol. The number of amides is 1. The third-order valence-electron chi connectivity index (χ3n) is 2.97. The minimum absolute atomic E-state index is 0.397. The third kappa shape index (κ3) is 3.89. The number of rotatable bonds is 5. The van der Waals surface area contributed by atoms with Crippen LogP contribution in [0, 0.1) is 0 Å². The van der Waals surface area contributed by atoms with Gasteiger partial charge < -0.3 is 15.8 Å². The molecule has 0 heterocycles. The molecule has 0 radical (unpaired) electrons. The SMILES string of the molecule is COc1cc(NCc2ccc(C(N)=O)cc2Cl)ccc1Br. The number of hydrogen-bond donors (Lipinski definition) is 2. The van der Waals surface area contributed by atoms with Crippen LogP contribution in [-0.4, -0.2) is 13.0 Å². The normalized spacial score (nSPS) is 10.2. The van der Waals surface area contributed by atoms with E-state index in [9.17, 15) is 4.79 Å². The molecule has 0 aliphatic heterocycles. The highest BCUT2D eigenvalue weighted by Gasteiger charge is 2.06. The molecule has 0 atom stereocenters. The predicted octanol–water partition coefficient (Wildman–Crippen LogP) is 3.82. The van der Waals surface area contributed by atoms with Crippen LogP contribution in [0.4, 0.5) is 5.69 Å². The molecule has 0 unspecified atom stereocenters. The van der Waals surface area contributed by atoms with Gasteiger partial charge in [0.1, 0.15) is 5.75 Å². The molecule has 4 nitrogen and oxygen atoms in total. The Kier molecular flexibility index (Phi) is 5.09. The number of anilines is 1. The average molecular weight is 370 g/mol. The lowest BCUT2D eigenvalue weighted by atomic mass is 10.1. The van der Waals surface area contributed by atoms with Gasteiger partial charge in [0.15, 0.2) is 0 Å². The summed E-state index contributed by atoms with van der Waals surface area (Å²) in [5.74, 6) is 0.254. The summed E-state index contributed by atoms with van der Waals surface area (Å²) in [5.41, 5.74) is 7.40. The maximum atomic E-state index is 11.1. The second kappa shape index (κ2) is 6.83. The molecule has 2 rings (SSSR count). The highest BCUT2D eigenvalue weighted by atomic mass is 79.9. The first-order chi connectivity index (χ1) is 10.0. The minimum atomic E-state index is -0.492. The topological polar surface area (TPSA) is 64.3 Å². The van der Waals surface area contributed by atoms with E-state index in [0.29, 0.717) is 17.1 Å². The van der Waals surface area contributed by atoms with E-state index < -0.39 is 5.91 Å². The first-order valence-electron chi connectivity index (χ1n) is 6.17. The number of ether oxygens (including phenoxy) is 1. The molecule has 0 aromatic heterocycles. The number of carbonyl (C=O) groups excluding carboxylic acids is 1. The van der Waals surface area contributed by atoms with Crippen LogP contribution in [0.25, 0.3) is 0 Å². The fourth-order valence-corrected chi connectivity index (χ4v) is 2.47. The molecular weight excluding hydrogens is 356 g/mol. The number of benzene rings is 2. The van der Waals surface area contributed by atoms with E-state index in [4.69, 9.17) is 22.1 Å². The maximum absolute atomic E-state index is 11.1. The van der Waals surface area contributed by atoms with E-state index in [2.05, 4.69) is 21.2 Å². The Labute approximate surface area is 136 Å². The Morgan fingerprint density at radius 1 is 1.33 bits per heavy atom. The van der Waals surface area contributed by atoms with Gasteiger partial charge in [-0.05, 0) is 45.8 Å². The van der Waals surface area contributed by atoms with Crippen molar-refractivity contribution < 1.29 is 9.53 Å². The zero-order valence-corrected chi connectivity index (χ0v) is 13.7. The standard InChI is InChI=1S/C15H14BrClN2O2/c1-21-14-7-11(4-5-12(14)16)19-8-10-3-2-9(15(18)20)6-13(10)17/h2-7,19H,8H2,1H3,(H2,18,20). The Hall–Kier alpha value is -1.72. The van der Waals surface area contributed by atoms with Crippen molar-refractivity contribution in [2.24, 2.45) is 5.73 Å². The molecule has 0 aliphatic rings. The second-order valence-electron chi connectivity index (χ2n) is 4.37. The highest BCUT2D eigenvalue weighted by Crippen LogP contribution is 2.28. The number of carbonyl (C=O) groups is 1. The summed E-state index contributed by atoms with van der Waals surface area (Å²) in [7, 11) is 1.61. The largest absolute Gasteiger partial charge is 0.495 e. The van der Waals surface area contributed by atoms with Crippen molar-refractivity contribution in [3.8, 4) is 5.75 Å². The molecule has 3 N–H and O–H groups in total. The van der Waals surface area contributed by atoms with E-state index >= 15 is 0 Å². The van der Waals surface area contributed by atoms with Crippen molar-refractivity contribution in [3.63, 3.8) is 0 Å². The van der Waals surface area contributed by atoms with Gasteiger partial charge in [0.25, 0.3) is 0 Å². The van der Waals surface area contributed by atoms with Gasteiger partial charge in [-0.25, -0.2) is 0 Å². The van der Waals surface area contributed by atoms with Crippen molar-refractivity contribution in [1.29, 1.82) is 0 Å². The van der Waals surface area contributed by atoms with Crippen LogP contribution in [-0.2, 0) is 6.54 Å². The summed E-state index contributed by atoms with van der Waals surface area (Å²) in [5, 5.41) is 3.75. The fourth-order valence-electron chi connectivity index (χ4n) is 1.81. The van der Waals surface area contributed by atoms with E-state index in [1.807, 2.05) is 18.2 Å². The summed E-state index contributed by atoms with van der Waals surface area (Å²) in [6, 6.07) is 10.7. The molecule has 0 bridgehead atoms. The quantitative estimate of drug-likeness (QED) is 0.842. The molecule has 0 fully saturated rings. The average Bonchev–Trinajstić information content (AvgIpc) is 2.47. The van der Waals surface area contributed by atoms with Crippen molar-refractivity contribution in [3.05, 3.63) is 57.0 Å². The molecular formula is C15H14BrClN2O2. The van der Waals surface area contributed by atoms with E-state index in [0.717, 1.165) is 21.5 Å². The molecule has 0 saturated heterocycles. The van der Waals surface area contributed by atoms with Gasteiger partial charge in [-0.3, -0.25) is 4.79 Å². The summed E-state index contributed by atoms with van der Waals surface area (Å²) in [6.07, 6.45) is 0. The lowest BCUT2D eigenvalue weighted by Crippen LogP contribution is -2.11. The molecule has 0 spiro atoms. The minimum Gasteiger partial charge on any atom is -0.495 e. The maximum Gasteiger partial charge on any atom is 0.248 e. The smallest absolute Gasteiger partial charge is 0.248 e. The molecule has 1 amide bonds. The van der Waals surface area contributed by atoms with E-state index in [1.165, 1.54) is 0 Å². The summed E-state index contributed by atoms with van der Waals surface area (Å²) in [6.45, 7) is 0.530. The Balaban J connectivity index is 2.11. The number of primary amides is 1. The van der Waals surface area contributed by atoms with Crippen LogP contribution < -0.4 is 15.8 Å². The van der Waals surface area contributed by atoms with E-state index in [1.54, 1.807) is 25.3 Å². The van der Waals surface area contributed by atoms with Crippen LogP contribution in [0.2, 0.25) is 5.02 Å². The van der Waals surface area contributed by atoms with Crippen LogP contribution in [0.5, 0.6) is 5.75 Å². The third-order valence-corrected chi connectivity index (χ3v) is 3.98. The molecule has 0 aliphatic carbocycles. The molecule has 0 saturated carbocycles. The first-order valence-corrected chi connectivity index (χ1v) is 7.34. The van der Waals surface area contributed by atoms with Gasteiger partial charge >= 0.3 is 0 Å². The summed E-state index contributed by atoms with van der Waals surface area (Å²) >= 11 is 9.55. The lowest BCUT2D eigenvalue weighted by molar-refractivity contribution is 0.100. The van der Waals surface area contributed by atoms with Crippen molar-refractivity contribution in [1.82, 2.24) is 0 Å². The zero-order valence-electron chi connectivity index (χ0n) is 11.3. The number of nitrogens with two attached hydrogens (primary N) is 1. The van der Waals surface area contributed by atoms with Gasteiger partial charge in [0, 0.05) is 28.9 Å². The van der Waals surface area contributed by atoms with Crippen LogP contribution in [0.1, 0.15) is 15.9 Å². The second-order valence-corrected chi connectivity index (χ2v) is 5.63. The van der Waals surface area contributed by atoms with Crippen LogP contribution >= 0.6 is 27.5 Å². The molecule has 110 valence electrons. The van der Waals surface area contributed by atoms with Gasteiger partial charge in [-0.15, -0.1) is 0 Å². The highest BCUT2D eigenvalue weighted by molar-refractivity contribution is 9.10. The Morgan fingerprint density at radius 3 is 2.71 bits per heavy atom. The number of halogens is 2. The summed E-state index contributed by atoms with van der Waals surface area (Å²) in [4.78, 5) is 11.1. The lowest BCUT2D eigenvalue weighted by Gasteiger charge is -2.11. The van der Waals surface area contributed by atoms with Crippen molar-refractivity contribution in [2.75, 3.05) is 12.4 Å². The van der Waals surface area contributed by atoms with Crippen LogP contribution in [0.3, 0.4) is 0 Å². The van der Waals surface area contributed by atoms with Gasteiger partial charge in [-0.2, -0.15) is 0 Å². The Bertz CT molecular complexity index is 677. The first kappa shape index (κ1) is 15.7. The van der Waals surface area contributed by atoms with Gasteiger partial charge in [0.2, 0.25) is 5.91 Å². The Morgan fingerprint density at radius 2 is 2.10 bits per heavy atom. The van der Waals surface area contributed by atoms with Gasteiger partial charge in [-0.1, -0.05) is 17.7 Å². The molecule has 2 aromatic carbocycles. The fraction of sp³-hybridized carbons (Fsp3) is 0.133. The molecule has 2 aromatic rings. The molecule has 21 heavy (non-hydrogen) atoms.